The minimum absolute atomic E-state index is 0.278. The van der Waals surface area contributed by atoms with E-state index in [0.29, 0.717) is 0 Å². The van der Waals surface area contributed by atoms with Crippen molar-refractivity contribution in [2.75, 3.05) is 13.2 Å². The second-order valence-corrected chi connectivity index (χ2v) is 4.26. The number of nitrogens with one attached hydrogen (secondary N) is 1. The average molecular weight is 249 g/mol. The predicted molar refractivity (Wildman–Crippen MR) is 71.1 cm³/mol. The van der Waals surface area contributed by atoms with E-state index >= 15 is 0 Å². The van der Waals surface area contributed by atoms with Gasteiger partial charge in [0.05, 0.1) is 19.3 Å². The van der Waals surface area contributed by atoms with E-state index in [-0.39, 0.29) is 19.1 Å². The molecule has 0 aromatic heterocycles. The fourth-order valence-corrected chi connectivity index (χ4v) is 1.58. The van der Waals surface area contributed by atoms with Gasteiger partial charge < -0.3 is 15.5 Å². The minimum atomic E-state index is -0.610. The summed E-state index contributed by atoms with van der Waals surface area (Å²) in [4.78, 5) is 11.5. The summed E-state index contributed by atoms with van der Waals surface area (Å²) in [7, 11) is 0. The number of carbonyl (C=O) groups excluding carboxylic acids is 1. The summed E-state index contributed by atoms with van der Waals surface area (Å²) in [5, 5.41) is 20.2. The molecule has 1 rings (SSSR count). The number of amides is 1. The molecular weight excluding hydrogens is 230 g/mol. The van der Waals surface area contributed by atoms with Crippen molar-refractivity contribution in [2.24, 2.45) is 0 Å². The minimum Gasteiger partial charge on any atom is -0.394 e. The lowest BCUT2D eigenvalue weighted by molar-refractivity contribution is -0.117. The lowest BCUT2D eigenvalue weighted by Crippen LogP contribution is -2.39. The zero-order chi connectivity index (χ0) is 13.5. The molecule has 0 bridgehead atoms. The van der Waals surface area contributed by atoms with Crippen LogP contribution >= 0.6 is 0 Å². The maximum absolute atomic E-state index is 11.5. The van der Waals surface area contributed by atoms with Crippen LogP contribution in [0.25, 0.3) is 6.08 Å². The molecular formula is C14H19NO3. The highest BCUT2D eigenvalue weighted by Gasteiger charge is 2.07. The van der Waals surface area contributed by atoms with Crippen LogP contribution in [0.4, 0.5) is 0 Å². The standard InChI is InChI=1S/C14H19NO3/c1-10-3-4-12(11(2)7-10)5-6-14(18)15-13(8-16)9-17/h3-7,13,16-17H,8-9H2,1-2H3,(H,15,18). The third-order valence-corrected chi connectivity index (χ3v) is 2.63. The zero-order valence-corrected chi connectivity index (χ0v) is 10.7. The van der Waals surface area contributed by atoms with Crippen molar-refractivity contribution in [2.45, 2.75) is 19.9 Å². The molecule has 0 aliphatic rings. The number of aryl methyl sites for hydroxylation is 2. The molecule has 3 N–H and O–H groups in total. The van der Waals surface area contributed by atoms with Crippen LogP contribution in [0.3, 0.4) is 0 Å². The largest absolute Gasteiger partial charge is 0.394 e. The number of aliphatic hydroxyl groups excluding tert-OH is 2. The summed E-state index contributed by atoms with van der Waals surface area (Å²) in [5.74, 6) is -0.330. The highest BCUT2D eigenvalue weighted by atomic mass is 16.3. The average Bonchev–Trinajstić information content (AvgIpc) is 2.35. The zero-order valence-electron chi connectivity index (χ0n) is 10.7. The molecule has 1 aromatic rings. The third kappa shape index (κ3) is 4.31. The molecule has 18 heavy (non-hydrogen) atoms. The molecule has 1 aromatic carbocycles. The highest BCUT2D eigenvalue weighted by molar-refractivity contribution is 5.92. The summed E-state index contributed by atoms with van der Waals surface area (Å²) in [5.41, 5.74) is 3.25. The molecule has 98 valence electrons. The van der Waals surface area contributed by atoms with Gasteiger partial charge in [0.1, 0.15) is 0 Å². The van der Waals surface area contributed by atoms with Gasteiger partial charge in [-0.3, -0.25) is 4.79 Å². The fraction of sp³-hybridized carbons (Fsp3) is 0.357. The lowest BCUT2D eigenvalue weighted by Gasteiger charge is -2.11. The molecule has 0 saturated carbocycles. The summed E-state index contributed by atoms with van der Waals surface area (Å²) >= 11 is 0. The molecule has 0 atom stereocenters. The van der Waals surface area contributed by atoms with Gasteiger partial charge in [0, 0.05) is 6.08 Å². The first-order valence-corrected chi connectivity index (χ1v) is 5.84. The first-order chi connectivity index (χ1) is 8.56. The summed E-state index contributed by atoms with van der Waals surface area (Å²) in [6.45, 7) is 3.44. The Kier molecular flexibility index (Phi) is 5.55. The Morgan fingerprint density at radius 3 is 2.56 bits per heavy atom. The second-order valence-electron chi connectivity index (χ2n) is 4.26. The smallest absolute Gasteiger partial charge is 0.244 e. The van der Waals surface area contributed by atoms with Gasteiger partial charge >= 0.3 is 0 Å². The number of aliphatic hydroxyl groups is 2. The molecule has 0 radical (unpaired) electrons. The van der Waals surface area contributed by atoms with Gasteiger partial charge in [-0.1, -0.05) is 23.8 Å². The molecule has 0 heterocycles. The monoisotopic (exact) mass is 249 g/mol. The Balaban J connectivity index is 2.66. The predicted octanol–water partition coefficient (Wildman–Crippen LogP) is 0.786. The van der Waals surface area contributed by atoms with Crippen molar-refractivity contribution >= 4 is 12.0 Å². The Hall–Kier alpha value is -1.65. The number of carbonyl (C=O) groups is 1. The van der Waals surface area contributed by atoms with Gasteiger partial charge in [-0.05, 0) is 31.1 Å². The number of rotatable bonds is 5. The van der Waals surface area contributed by atoms with E-state index in [4.69, 9.17) is 10.2 Å². The third-order valence-electron chi connectivity index (χ3n) is 2.63. The van der Waals surface area contributed by atoms with Crippen LogP contribution in [0, 0.1) is 13.8 Å². The molecule has 0 fully saturated rings. The summed E-state index contributed by atoms with van der Waals surface area (Å²) < 4.78 is 0. The Morgan fingerprint density at radius 1 is 1.33 bits per heavy atom. The number of benzene rings is 1. The van der Waals surface area contributed by atoms with Crippen LogP contribution in [-0.4, -0.2) is 35.4 Å². The molecule has 4 nitrogen and oxygen atoms in total. The van der Waals surface area contributed by atoms with Gasteiger partial charge in [-0.15, -0.1) is 0 Å². The van der Waals surface area contributed by atoms with Crippen LogP contribution < -0.4 is 5.32 Å². The van der Waals surface area contributed by atoms with Gasteiger partial charge in [0.15, 0.2) is 0 Å². The van der Waals surface area contributed by atoms with E-state index in [1.807, 2.05) is 32.0 Å². The van der Waals surface area contributed by atoms with Crippen molar-refractivity contribution in [1.29, 1.82) is 0 Å². The van der Waals surface area contributed by atoms with Crippen molar-refractivity contribution in [1.82, 2.24) is 5.32 Å². The molecule has 4 heteroatoms. The molecule has 0 unspecified atom stereocenters. The number of hydrogen-bond donors (Lipinski definition) is 3. The van der Waals surface area contributed by atoms with Crippen LogP contribution in [0.2, 0.25) is 0 Å². The Morgan fingerprint density at radius 2 is 2.00 bits per heavy atom. The lowest BCUT2D eigenvalue weighted by atomic mass is 10.1. The van der Waals surface area contributed by atoms with Crippen LogP contribution in [0.5, 0.6) is 0 Å². The number of hydrogen-bond acceptors (Lipinski definition) is 3. The first-order valence-electron chi connectivity index (χ1n) is 5.84. The maximum atomic E-state index is 11.5. The Labute approximate surface area is 107 Å². The molecule has 0 aliphatic carbocycles. The fourth-order valence-electron chi connectivity index (χ4n) is 1.58. The van der Waals surface area contributed by atoms with E-state index in [1.165, 1.54) is 11.6 Å². The van der Waals surface area contributed by atoms with Crippen LogP contribution in [-0.2, 0) is 4.79 Å². The van der Waals surface area contributed by atoms with Crippen LogP contribution in [0.15, 0.2) is 24.3 Å². The van der Waals surface area contributed by atoms with E-state index in [9.17, 15) is 4.79 Å². The summed E-state index contributed by atoms with van der Waals surface area (Å²) in [6.07, 6.45) is 3.12. The first kappa shape index (κ1) is 14.4. The van der Waals surface area contributed by atoms with Gasteiger partial charge in [0.25, 0.3) is 0 Å². The van der Waals surface area contributed by atoms with E-state index in [1.54, 1.807) is 6.08 Å². The van der Waals surface area contributed by atoms with E-state index in [0.717, 1.165) is 11.1 Å². The van der Waals surface area contributed by atoms with Gasteiger partial charge in [-0.2, -0.15) is 0 Å². The molecule has 0 saturated heterocycles. The van der Waals surface area contributed by atoms with Crippen molar-refractivity contribution in [3.8, 4) is 0 Å². The second kappa shape index (κ2) is 6.93. The Bertz CT molecular complexity index is 437. The molecule has 1 amide bonds. The van der Waals surface area contributed by atoms with E-state index < -0.39 is 6.04 Å². The normalized spacial score (nSPS) is 11.2. The summed E-state index contributed by atoms with van der Waals surface area (Å²) in [6, 6.07) is 5.36. The van der Waals surface area contributed by atoms with Crippen LogP contribution in [0.1, 0.15) is 16.7 Å². The van der Waals surface area contributed by atoms with Crippen molar-refractivity contribution < 1.29 is 15.0 Å². The SMILES string of the molecule is Cc1ccc(C=CC(=O)NC(CO)CO)c(C)c1. The van der Waals surface area contributed by atoms with Gasteiger partial charge in [0.2, 0.25) is 5.91 Å². The highest BCUT2D eigenvalue weighted by Crippen LogP contribution is 2.11. The van der Waals surface area contributed by atoms with E-state index in [2.05, 4.69) is 5.32 Å². The van der Waals surface area contributed by atoms with Gasteiger partial charge in [-0.25, -0.2) is 0 Å². The van der Waals surface area contributed by atoms with Crippen molar-refractivity contribution in [3.63, 3.8) is 0 Å². The molecule has 0 aliphatic heterocycles. The topological polar surface area (TPSA) is 69.6 Å². The quantitative estimate of drug-likeness (QED) is 0.676. The van der Waals surface area contributed by atoms with Crippen molar-refractivity contribution in [3.05, 3.63) is 41.0 Å². The maximum Gasteiger partial charge on any atom is 0.244 e. The molecule has 0 spiro atoms.